The Bertz CT molecular complexity index is 893. The molecule has 7 nitrogen and oxygen atoms in total. The van der Waals surface area contributed by atoms with Crippen LogP contribution in [0.1, 0.15) is 19.6 Å². The van der Waals surface area contributed by atoms with E-state index in [-0.39, 0.29) is 28.1 Å². The van der Waals surface area contributed by atoms with E-state index in [2.05, 4.69) is 0 Å². The summed E-state index contributed by atoms with van der Waals surface area (Å²) >= 11 is 6.05. The Hall–Kier alpha value is -3.11. The smallest absolute Gasteiger partial charge is 0.349 e. The number of nitro benzene ring substituents is 1. The number of hydrogen-bond donors (Lipinski definition) is 0. The van der Waals surface area contributed by atoms with Gasteiger partial charge in [-0.15, -0.1) is 0 Å². The first-order valence-electron chi connectivity index (χ1n) is 7.18. The predicted octanol–water partition coefficient (Wildman–Crippen LogP) is 4.37. The van der Waals surface area contributed by atoms with Gasteiger partial charge < -0.3 is 9.15 Å². The molecule has 2 aromatic rings. The highest BCUT2D eigenvalue weighted by molar-refractivity contribution is 6.33. The molecule has 0 radical (unpaired) electrons. The summed E-state index contributed by atoms with van der Waals surface area (Å²) in [7, 11) is 0. The maximum atomic E-state index is 11.8. The molecule has 128 valence electrons. The van der Waals surface area contributed by atoms with Gasteiger partial charge in [-0.05, 0) is 32.0 Å². The number of ether oxygens (including phenoxy) is 1. The highest BCUT2D eigenvalue weighted by Gasteiger charge is 2.16. The van der Waals surface area contributed by atoms with Crippen LogP contribution in [0.4, 0.5) is 5.69 Å². The first-order chi connectivity index (χ1) is 11.8. The highest BCUT2D eigenvalue weighted by Crippen LogP contribution is 2.32. The van der Waals surface area contributed by atoms with E-state index >= 15 is 0 Å². The van der Waals surface area contributed by atoms with Crippen molar-refractivity contribution in [1.29, 1.82) is 5.26 Å². The SMILES string of the molecule is CC(C)OC(=O)/C(C#N)=C/c1ccc(-c2ccc([N+](=O)[O-])cc2Cl)o1. The van der Waals surface area contributed by atoms with Crippen molar-refractivity contribution in [3.63, 3.8) is 0 Å². The maximum Gasteiger partial charge on any atom is 0.349 e. The zero-order chi connectivity index (χ0) is 18.6. The number of carbonyl (C=O) groups excluding carboxylic acids is 1. The minimum Gasteiger partial charge on any atom is -0.459 e. The number of non-ortho nitro benzene ring substituents is 1. The van der Waals surface area contributed by atoms with Crippen molar-refractivity contribution >= 4 is 29.3 Å². The fraction of sp³-hybridized carbons (Fsp3) is 0.176. The molecule has 1 aromatic carbocycles. The fourth-order valence-electron chi connectivity index (χ4n) is 1.95. The lowest BCUT2D eigenvalue weighted by atomic mass is 10.1. The molecule has 25 heavy (non-hydrogen) atoms. The second kappa shape index (κ2) is 7.64. The van der Waals surface area contributed by atoms with Gasteiger partial charge in [0.2, 0.25) is 0 Å². The van der Waals surface area contributed by atoms with Crippen LogP contribution in [0.15, 0.2) is 40.3 Å². The molecule has 0 atom stereocenters. The van der Waals surface area contributed by atoms with E-state index in [1.165, 1.54) is 24.3 Å². The van der Waals surface area contributed by atoms with E-state index in [4.69, 9.17) is 26.0 Å². The first-order valence-corrected chi connectivity index (χ1v) is 7.56. The average molecular weight is 361 g/mol. The monoisotopic (exact) mass is 360 g/mol. The number of nitro groups is 1. The lowest BCUT2D eigenvalue weighted by molar-refractivity contribution is -0.384. The molecule has 0 bridgehead atoms. The number of halogens is 1. The van der Waals surface area contributed by atoms with E-state index in [0.717, 1.165) is 0 Å². The number of nitrogens with zero attached hydrogens (tertiary/aromatic N) is 2. The van der Waals surface area contributed by atoms with Crippen molar-refractivity contribution in [1.82, 2.24) is 0 Å². The Balaban J connectivity index is 2.31. The summed E-state index contributed by atoms with van der Waals surface area (Å²) in [5.74, 6) is -0.147. The summed E-state index contributed by atoms with van der Waals surface area (Å²) in [6.45, 7) is 3.35. The van der Waals surface area contributed by atoms with Crippen LogP contribution in [0.5, 0.6) is 0 Å². The molecular formula is C17H13ClN2O5. The van der Waals surface area contributed by atoms with Crippen LogP contribution in [0.25, 0.3) is 17.4 Å². The molecule has 0 fully saturated rings. The predicted molar refractivity (Wildman–Crippen MR) is 90.6 cm³/mol. The second-order valence-corrected chi connectivity index (χ2v) is 5.65. The van der Waals surface area contributed by atoms with Gasteiger partial charge in [-0.2, -0.15) is 5.26 Å². The van der Waals surface area contributed by atoms with Gasteiger partial charge in [-0.1, -0.05) is 11.6 Å². The zero-order valence-electron chi connectivity index (χ0n) is 13.4. The number of nitriles is 1. The number of rotatable bonds is 5. The van der Waals surface area contributed by atoms with Gasteiger partial charge in [-0.3, -0.25) is 10.1 Å². The number of carbonyl (C=O) groups is 1. The number of esters is 1. The lowest BCUT2D eigenvalue weighted by Gasteiger charge is -2.05. The standard InChI is InChI=1S/C17H13ClN2O5/c1-10(2)24-17(21)11(9-19)7-13-4-6-16(25-13)14-5-3-12(20(22)23)8-15(14)18/h3-8,10H,1-2H3/b11-7+. The van der Waals surface area contributed by atoms with Gasteiger partial charge in [0.1, 0.15) is 23.2 Å². The molecule has 0 aliphatic heterocycles. The van der Waals surface area contributed by atoms with Crippen LogP contribution in [0, 0.1) is 21.4 Å². The van der Waals surface area contributed by atoms with E-state index in [9.17, 15) is 14.9 Å². The molecular weight excluding hydrogens is 348 g/mol. The third-order valence-electron chi connectivity index (χ3n) is 3.03. The van der Waals surface area contributed by atoms with Gasteiger partial charge >= 0.3 is 5.97 Å². The van der Waals surface area contributed by atoms with E-state index in [1.807, 2.05) is 0 Å². The van der Waals surface area contributed by atoms with Crippen molar-refractivity contribution in [2.45, 2.75) is 20.0 Å². The fourth-order valence-corrected chi connectivity index (χ4v) is 2.22. The Morgan fingerprint density at radius 3 is 2.68 bits per heavy atom. The molecule has 0 saturated heterocycles. The van der Waals surface area contributed by atoms with Crippen LogP contribution in [-0.4, -0.2) is 17.0 Å². The van der Waals surface area contributed by atoms with E-state index in [1.54, 1.807) is 32.0 Å². The summed E-state index contributed by atoms with van der Waals surface area (Å²) in [4.78, 5) is 22.0. The molecule has 0 aliphatic rings. The zero-order valence-corrected chi connectivity index (χ0v) is 14.1. The first kappa shape index (κ1) is 18.2. The number of benzene rings is 1. The second-order valence-electron chi connectivity index (χ2n) is 5.25. The molecule has 0 unspecified atom stereocenters. The highest BCUT2D eigenvalue weighted by atomic mass is 35.5. The summed E-state index contributed by atoms with van der Waals surface area (Å²) in [5, 5.41) is 20.0. The van der Waals surface area contributed by atoms with Crippen molar-refractivity contribution < 1.29 is 18.9 Å². The summed E-state index contributed by atoms with van der Waals surface area (Å²) in [6.07, 6.45) is 0.906. The number of furan rings is 1. The molecule has 0 saturated carbocycles. The van der Waals surface area contributed by atoms with E-state index < -0.39 is 10.9 Å². The third-order valence-corrected chi connectivity index (χ3v) is 3.34. The average Bonchev–Trinajstić information content (AvgIpc) is 2.99. The van der Waals surface area contributed by atoms with Crippen molar-refractivity contribution in [2.24, 2.45) is 0 Å². The van der Waals surface area contributed by atoms with Crippen molar-refractivity contribution in [2.75, 3.05) is 0 Å². The van der Waals surface area contributed by atoms with Gasteiger partial charge in [0.15, 0.2) is 0 Å². The molecule has 0 N–H and O–H groups in total. The minimum atomic E-state index is -0.746. The molecule has 0 amide bonds. The largest absolute Gasteiger partial charge is 0.459 e. The van der Waals surface area contributed by atoms with Crippen LogP contribution in [0.2, 0.25) is 5.02 Å². The molecule has 0 spiro atoms. The van der Waals surface area contributed by atoms with Crippen LogP contribution in [0.3, 0.4) is 0 Å². The normalized spacial score (nSPS) is 11.2. The van der Waals surface area contributed by atoms with Crippen molar-refractivity contribution in [3.8, 4) is 17.4 Å². The van der Waals surface area contributed by atoms with Gasteiger partial charge in [-0.25, -0.2) is 4.79 Å². The summed E-state index contributed by atoms with van der Waals surface area (Å²) in [5.41, 5.74) is 0.114. The quantitative estimate of drug-likeness (QED) is 0.258. The Morgan fingerprint density at radius 2 is 2.12 bits per heavy atom. The van der Waals surface area contributed by atoms with Crippen LogP contribution < -0.4 is 0 Å². The Kier molecular flexibility index (Phi) is 5.57. The van der Waals surface area contributed by atoms with Crippen LogP contribution >= 0.6 is 11.6 Å². The Labute approximate surface area is 148 Å². The summed E-state index contributed by atoms with van der Waals surface area (Å²) < 4.78 is 10.5. The van der Waals surface area contributed by atoms with Crippen molar-refractivity contribution in [3.05, 3.63) is 56.8 Å². The summed E-state index contributed by atoms with van der Waals surface area (Å²) in [6, 6.07) is 8.88. The van der Waals surface area contributed by atoms with Gasteiger partial charge in [0.25, 0.3) is 5.69 Å². The number of hydrogen-bond acceptors (Lipinski definition) is 6. The third kappa shape index (κ3) is 4.46. The van der Waals surface area contributed by atoms with Gasteiger partial charge in [0, 0.05) is 23.8 Å². The molecule has 0 aliphatic carbocycles. The Morgan fingerprint density at radius 1 is 1.40 bits per heavy atom. The maximum absolute atomic E-state index is 11.8. The molecule has 1 aromatic heterocycles. The van der Waals surface area contributed by atoms with Gasteiger partial charge in [0.05, 0.1) is 16.0 Å². The molecule has 2 rings (SSSR count). The lowest BCUT2D eigenvalue weighted by Crippen LogP contribution is -2.12. The molecule has 8 heteroatoms. The topological polar surface area (TPSA) is 106 Å². The molecule has 1 heterocycles. The minimum absolute atomic E-state index is 0.136. The van der Waals surface area contributed by atoms with E-state index in [0.29, 0.717) is 11.3 Å². The van der Waals surface area contributed by atoms with Crippen LogP contribution in [-0.2, 0) is 9.53 Å².